The second kappa shape index (κ2) is 7.89. The van der Waals surface area contributed by atoms with Gasteiger partial charge in [-0.05, 0) is 32.2 Å². The Morgan fingerprint density at radius 1 is 1.35 bits per heavy atom. The number of hydrogen-bond acceptors (Lipinski definition) is 3. The number of amides is 1. The quantitative estimate of drug-likeness (QED) is 0.551. The van der Waals surface area contributed by atoms with Crippen molar-refractivity contribution in [2.45, 2.75) is 27.3 Å². The van der Waals surface area contributed by atoms with Crippen LogP contribution in [-0.2, 0) is 11.3 Å². The van der Waals surface area contributed by atoms with Crippen LogP contribution in [0.1, 0.15) is 25.6 Å². The highest BCUT2D eigenvalue weighted by atomic mass is 32.1. The summed E-state index contributed by atoms with van der Waals surface area (Å²) in [4.78, 5) is 17.3. The molecule has 0 fully saturated rings. The number of thiophene rings is 1. The lowest BCUT2D eigenvalue weighted by Crippen LogP contribution is -2.47. The van der Waals surface area contributed by atoms with Crippen LogP contribution >= 0.6 is 11.3 Å². The van der Waals surface area contributed by atoms with E-state index in [-0.39, 0.29) is 5.91 Å². The maximum absolute atomic E-state index is 11.9. The van der Waals surface area contributed by atoms with Gasteiger partial charge in [-0.1, -0.05) is 6.07 Å². The van der Waals surface area contributed by atoms with Gasteiger partial charge in [0.2, 0.25) is 5.91 Å². The van der Waals surface area contributed by atoms with Crippen LogP contribution in [0, 0.1) is 5.41 Å². The first kappa shape index (κ1) is 16.5. The van der Waals surface area contributed by atoms with Gasteiger partial charge in [0.15, 0.2) is 5.96 Å². The Hall–Kier alpha value is -1.56. The largest absolute Gasteiger partial charge is 0.356 e. The molecule has 0 aliphatic heterocycles. The molecule has 20 heavy (non-hydrogen) atoms. The highest BCUT2D eigenvalue weighted by molar-refractivity contribution is 7.09. The molecule has 0 saturated carbocycles. The van der Waals surface area contributed by atoms with Crippen molar-refractivity contribution in [2.24, 2.45) is 10.4 Å². The molecule has 0 atom stereocenters. The minimum atomic E-state index is -0.476. The molecule has 0 radical (unpaired) electrons. The van der Waals surface area contributed by atoms with E-state index in [9.17, 15) is 4.79 Å². The summed E-state index contributed by atoms with van der Waals surface area (Å²) >= 11 is 1.70. The molecule has 0 aromatic carbocycles. The monoisotopic (exact) mass is 296 g/mol. The first-order valence-corrected chi connectivity index (χ1v) is 7.62. The fourth-order valence-corrected chi connectivity index (χ4v) is 2.23. The molecule has 3 N–H and O–H groups in total. The van der Waals surface area contributed by atoms with Gasteiger partial charge in [-0.15, -0.1) is 11.3 Å². The van der Waals surface area contributed by atoms with Crippen molar-refractivity contribution in [1.82, 2.24) is 16.0 Å². The van der Waals surface area contributed by atoms with Crippen LogP contribution in [0.4, 0.5) is 0 Å². The van der Waals surface area contributed by atoms with E-state index in [1.165, 1.54) is 4.88 Å². The number of hydrogen-bond donors (Lipinski definition) is 3. The second-order valence-corrected chi connectivity index (χ2v) is 6.13. The number of guanidine groups is 1. The molecule has 112 valence electrons. The van der Waals surface area contributed by atoms with E-state index in [2.05, 4.69) is 27.0 Å². The predicted molar refractivity (Wildman–Crippen MR) is 85.0 cm³/mol. The third-order valence-electron chi connectivity index (χ3n) is 2.88. The molecule has 5 nitrogen and oxygen atoms in total. The van der Waals surface area contributed by atoms with Crippen LogP contribution in [0.3, 0.4) is 0 Å². The topological polar surface area (TPSA) is 65.5 Å². The summed E-state index contributed by atoms with van der Waals surface area (Å²) in [7, 11) is 1.73. The molecule has 0 aliphatic carbocycles. The second-order valence-electron chi connectivity index (χ2n) is 5.10. The molecule has 1 heterocycles. The average molecular weight is 296 g/mol. The SMILES string of the molecule is CCNC(=O)C(C)(C)CNC(=NC)NCc1cccs1. The summed E-state index contributed by atoms with van der Waals surface area (Å²) in [5.74, 6) is 0.747. The first-order chi connectivity index (χ1) is 9.49. The Morgan fingerprint density at radius 3 is 2.65 bits per heavy atom. The van der Waals surface area contributed by atoms with Gasteiger partial charge in [0, 0.05) is 25.0 Å². The molecule has 1 amide bonds. The number of nitrogens with zero attached hydrogens (tertiary/aromatic N) is 1. The summed E-state index contributed by atoms with van der Waals surface area (Å²) in [5.41, 5.74) is -0.476. The van der Waals surface area contributed by atoms with E-state index < -0.39 is 5.41 Å². The zero-order chi connectivity index (χ0) is 15.0. The molecule has 0 unspecified atom stereocenters. The normalized spacial score (nSPS) is 12.1. The summed E-state index contributed by atoms with van der Waals surface area (Å²) < 4.78 is 0. The molecule has 0 bridgehead atoms. The molecular weight excluding hydrogens is 272 g/mol. The van der Waals surface area contributed by atoms with Crippen molar-refractivity contribution in [3.05, 3.63) is 22.4 Å². The third-order valence-corrected chi connectivity index (χ3v) is 3.76. The van der Waals surface area contributed by atoms with Crippen LogP contribution < -0.4 is 16.0 Å². The molecule has 1 aromatic heterocycles. The molecule has 1 rings (SSSR count). The van der Waals surface area contributed by atoms with Crippen LogP contribution in [0.2, 0.25) is 0 Å². The van der Waals surface area contributed by atoms with Gasteiger partial charge in [-0.2, -0.15) is 0 Å². The third kappa shape index (κ3) is 5.21. The van der Waals surface area contributed by atoms with Gasteiger partial charge < -0.3 is 16.0 Å². The number of carbonyl (C=O) groups is 1. The molecule has 0 spiro atoms. The number of nitrogens with one attached hydrogen (secondary N) is 3. The lowest BCUT2D eigenvalue weighted by Gasteiger charge is -2.24. The van der Waals surface area contributed by atoms with Gasteiger partial charge in [0.1, 0.15) is 0 Å². The zero-order valence-corrected chi connectivity index (χ0v) is 13.4. The van der Waals surface area contributed by atoms with Crippen LogP contribution in [0.15, 0.2) is 22.5 Å². The van der Waals surface area contributed by atoms with Crippen LogP contribution in [-0.4, -0.2) is 32.0 Å². The van der Waals surface area contributed by atoms with Crippen molar-refractivity contribution in [3.63, 3.8) is 0 Å². The van der Waals surface area contributed by atoms with Gasteiger partial charge >= 0.3 is 0 Å². The lowest BCUT2D eigenvalue weighted by molar-refractivity contribution is -0.128. The van der Waals surface area contributed by atoms with E-state index >= 15 is 0 Å². The van der Waals surface area contributed by atoms with Crippen LogP contribution in [0.25, 0.3) is 0 Å². The minimum Gasteiger partial charge on any atom is -0.356 e. The smallest absolute Gasteiger partial charge is 0.227 e. The number of aliphatic imine (C=N–C) groups is 1. The highest BCUT2D eigenvalue weighted by Crippen LogP contribution is 2.13. The highest BCUT2D eigenvalue weighted by Gasteiger charge is 2.27. The average Bonchev–Trinajstić information content (AvgIpc) is 2.92. The summed E-state index contributed by atoms with van der Waals surface area (Å²) in [6.45, 7) is 7.66. The van der Waals surface area contributed by atoms with Crippen molar-refractivity contribution in [1.29, 1.82) is 0 Å². The summed E-state index contributed by atoms with van der Waals surface area (Å²) in [5, 5.41) is 11.3. The Labute approximate surface area is 124 Å². The van der Waals surface area contributed by atoms with E-state index in [0.29, 0.717) is 19.0 Å². The Morgan fingerprint density at radius 2 is 2.10 bits per heavy atom. The fourth-order valence-electron chi connectivity index (χ4n) is 1.59. The standard InChI is InChI=1S/C14H24N4OS/c1-5-16-12(19)14(2,3)10-18-13(15-4)17-9-11-7-6-8-20-11/h6-8H,5,9-10H2,1-4H3,(H,16,19)(H2,15,17,18). The maximum atomic E-state index is 11.9. The molecule has 0 aliphatic rings. The number of rotatable bonds is 6. The zero-order valence-electron chi connectivity index (χ0n) is 12.6. The molecule has 6 heteroatoms. The van der Waals surface area contributed by atoms with Gasteiger partial charge in [0.05, 0.1) is 12.0 Å². The maximum Gasteiger partial charge on any atom is 0.227 e. The summed E-state index contributed by atoms with van der Waals surface area (Å²) in [6, 6.07) is 4.10. The molecular formula is C14H24N4OS. The van der Waals surface area contributed by atoms with Crippen molar-refractivity contribution in [2.75, 3.05) is 20.1 Å². The molecule has 0 saturated heterocycles. The van der Waals surface area contributed by atoms with Gasteiger partial charge in [-0.25, -0.2) is 0 Å². The number of carbonyl (C=O) groups excluding carboxylic acids is 1. The Balaban J connectivity index is 2.43. The minimum absolute atomic E-state index is 0.0428. The summed E-state index contributed by atoms with van der Waals surface area (Å²) in [6.07, 6.45) is 0. The van der Waals surface area contributed by atoms with E-state index in [0.717, 1.165) is 6.54 Å². The predicted octanol–water partition coefficient (Wildman–Crippen LogP) is 1.58. The van der Waals surface area contributed by atoms with E-state index in [1.54, 1.807) is 18.4 Å². The Kier molecular flexibility index (Phi) is 6.51. The van der Waals surface area contributed by atoms with Crippen molar-refractivity contribution >= 4 is 23.2 Å². The molecule has 1 aromatic rings. The first-order valence-electron chi connectivity index (χ1n) is 6.74. The Bertz CT molecular complexity index is 440. The fraction of sp³-hybridized carbons (Fsp3) is 0.571. The van der Waals surface area contributed by atoms with Gasteiger partial charge in [-0.3, -0.25) is 9.79 Å². The van der Waals surface area contributed by atoms with E-state index in [4.69, 9.17) is 0 Å². The van der Waals surface area contributed by atoms with Gasteiger partial charge in [0.25, 0.3) is 0 Å². The lowest BCUT2D eigenvalue weighted by atomic mass is 9.92. The van der Waals surface area contributed by atoms with E-state index in [1.807, 2.05) is 32.2 Å². The van der Waals surface area contributed by atoms with Crippen molar-refractivity contribution in [3.8, 4) is 0 Å². The van der Waals surface area contributed by atoms with Crippen LogP contribution in [0.5, 0.6) is 0 Å². The van der Waals surface area contributed by atoms with Crippen molar-refractivity contribution < 1.29 is 4.79 Å².